The Morgan fingerprint density at radius 1 is 1.55 bits per heavy atom. The highest BCUT2D eigenvalue weighted by molar-refractivity contribution is 5.26. The Hall–Kier alpha value is -0.760. The van der Waals surface area contributed by atoms with Gasteiger partial charge >= 0.3 is 0 Å². The zero-order valence-electron chi connectivity index (χ0n) is 6.87. The van der Waals surface area contributed by atoms with Crippen molar-refractivity contribution in [3.8, 4) is 0 Å². The predicted octanol–water partition coefficient (Wildman–Crippen LogP) is 1.73. The van der Waals surface area contributed by atoms with Crippen LogP contribution in [0.4, 0.5) is 0 Å². The average Bonchev–Trinajstić information content (AvgIpc) is 2.40. The summed E-state index contributed by atoms with van der Waals surface area (Å²) in [4.78, 5) is 0. The summed E-state index contributed by atoms with van der Waals surface area (Å²) in [6, 6.07) is 4.18. The Morgan fingerprint density at radius 3 is 2.55 bits per heavy atom. The minimum Gasteiger partial charge on any atom is -0.469 e. The van der Waals surface area contributed by atoms with E-state index in [4.69, 9.17) is 10.2 Å². The molecule has 0 aromatic carbocycles. The Balaban J connectivity index is 2.23. The van der Waals surface area contributed by atoms with Crippen LogP contribution in [-0.2, 0) is 0 Å². The van der Waals surface area contributed by atoms with Crippen LogP contribution >= 0.6 is 0 Å². The lowest BCUT2D eigenvalue weighted by Gasteiger charge is -1.96. The number of hydrogen-bond acceptors (Lipinski definition) is 2. The molecule has 0 saturated heterocycles. The fourth-order valence-corrected chi connectivity index (χ4v) is 1.69. The highest BCUT2D eigenvalue weighted by Gasteiger charge is 2.57. The zero-order valence-corrected chi connectivity index (χ0v) is 6.87. The topological polar surface area (TPSA) is 39.2 Å². The molecule has 0 aliphatic heterocycles. The van der Waals surface area contributed by atoms with Crippen LogP contribution < -0.4 is 5.73 Å². The van der Waals surface area contributed by atoms with E-state index in [1.807, 2.05) is 12.1 Å². The average molecular weight is 151 g/mol. The number of furan rings is 1. The molecule has 1 aliphatic rings. The van der Waals surface area contributed by atoms with Crippen LogP contribution in [0, 0.1) is 5.41 Å². The first-order valence-corrected chi connectivity index (χ1v) is 3.93. The highest BCUT2D eigenvalue weighted by Crippen LogP contribution is 2.57. The third-order valence-corrected chi connectivity index (χ3v) is 2.76. The Kier molecular flexibility index (Phi) is 1.19. The summed E-state index contributed by atoms with van der Waals surface area (Å²) in [5, 5.41) is 0. The molecule has 2 atom stereocenters. The van der Waals surface area contributed by atoms with Crippen LogP contribution in [0.15, 0.2) is 22.8 Å². The maximum Gasteiger partial charge on any atom is 0.109 e. The summed E-state index contributed by atoms with van der Waals surface area (Å²) in [5.74, 6) is 1.46. The predicted molar refractivity (Wildman–Crippen MR) is 43.2 cm³/mol. The minimum atomic E-state index is 0.234. The van der Waals surface area contributed by atoms with Gasteiger partial charge in [-0.1, -0.05) is 13.8 Å². The van der Waals surface area contributed by atoms with Crippen molar-refractivity contribution in [2.24, 2.45) is 11.1 Å². The van der Waals surface area contributed by atoms with Crippen LogP contribution in [0.2, 0.25) is 0 Å². The largest absolute Gasteiger partial charge is 0.469 e. The molecule has 1 saturated carbocycles. The SMILES string of the molecule is CC1(C)[C@@H](N)[C@@H]1c1ccco1. The van der Waals surface area contributed by atoms with Gasteiger partial charge in [0, 0.05) is 12.0 Å². The fourth-order valence-electron chi connectivity index (χ4n) is 1.69. The molecule has 2 heteroatoms. The third kappa shape index (κ3) is 0.824. The number of rotatable bonds is 1. The Morgan fingerprint density at radius 2 is 2.18 bits per heavy atom. The zero-order chi connectivity index (χ0) is 8.06. The van der Waals surface area contributed by atoms with Crippen molar-refractivity contribution in [1.82, 2.24) is 0 Å². The van der Waals surface area contributed by atoms with Crippen LogP contribution in [0.25, 0.3) is 0 Å². The number of hydrogen-bond donors (Lipinski definition) is 1. The van der Waals surface area contributed by atoms with Gasteiger partial charge in [0.1, 0.15) is 5.76 Å². The van der Waals surface area contributed by atoms with Crippen LogP contribution in [0.1, 0.15) is 25.5 Å². The van der Waals surface area contributed by atoms with Crippen molar-refractivity contribution in [2.75, 3.05) is 0 Å². The van der Waals surface area contributed by atoms with Gasteiger partial charge in [-0.05, 0) is 17.5 Å². The first kappa shape index (κ1) is 6.92. The second kappa shape index (κ2) is 1.89. The van der Waals surface area contributed by atoms with Crippen molar-refractivity contribution in [1.29, 1.82) is 0 Å². The molecule has 2 N–H and O–H groups in total. The van der Waals surface area contributed by atoms with Crippen molar-refractivity contribution < 1.29 is 4.42 Å². The van der Waals surface area contributed by atoms with E-state index in [9.17, 15) is 0 Å². The van der Waals surface area contributed by atoms with Crippen molar-refractivity contribution in [3.63, 3.8) is 0 Å². The lowest BCUT2D eigenvalue weighted by atomic mass is 10.1. The Bertz CT molecular complexity index is 251. The molecule has 1 aliphatic carbocycles. The molecule has 1 aromatic rings. The van der Waals surface area contributed by atoms with Crippen LogP contribution in [0.3, 0.4) is 0 Å². The molecule has 2 rings (SSSR count). The summed E-state index contributed by atoms with van der Waals surface area (Å²) in [7, 11) is 0. The van der Waals surface area contributed by atoms with E-state index in [2.05, 4.69) is 13.8 Å². The molecular formula is C9H13NO. The molecule has 1 fully saturated rings. The van der Waals surface area contributed by atoms with Crippen molar-refractivity contribution in [2.45, 2.75) is 25.8 Å². The van der Waals surface area contributed by atoms with E-state index in [1.54, 1.807) is 6.26 Å². The molecule has 0 spiro atoms. The van der Waals surface area contributed by atoms with Gasteiger partial charge < -0.3 is 10.2 Å². The van der Waals surface area contributed by atoms with E-state index < -0.39 is 0 Å². The van der Waals surface area contributed by atoms with E-state index in [-0.39, 0.29) is 11.5 Å². The second-order valence-electron chi connectivity index (χ2n) is 3.84. The van der Waals surface area contributed by atoms with Crippen molar-refractivity contribution >= 4 is 0 Å². The van der Waals surface area contributed by atoms with Gasteiger partial charge in [-0.2, -0.15) is 0 Å². The van der Waals surface area contributed by atoms with E-state index in [1.165, 1.54) is 0 Å². The molecule has 0 amide bonds. The van der Waals surface area contributed by atoms with Gasteiger partial charge in [0.15, 0.2) is 0 Å². The normalized spacial score (nSPS) is 33.7. The first-order valence-electron chi connectivity index (χ1n) is 3.93. The monoisotopic (exact) mass is 151 g/mol. The van der Waals surface area contributed by atoms with Gasteiger partial charge in [0.05, 0.1) is 6.26 Å². The van der Waals surface area contributed by atoms with Crippen LogP contribution in [0.5, 0.6) is 0 Å². The number of nitrogens with two attached hydrogens (primary N) is 1. The summed E-state index contributed by atoms with van der Waals surface area (Å²) in [6.07, 6.45) is 1.70. The summed E-state index contributed by atoms with van der Waals surface area (Å²) >= 11 is 0. The summed E-state index contributed by atoms with van der Waals surface area (Å²) in [5.41, 5.74) is 6.11. The van der Waals surface area contributed by atoms with E-state index in [0.29, 0.717) is 5.92 Å². The summed E-state index contributed by atoms with van der Waals surface area (Å²) < 4.78 is 5.28. The maximum atomic E-state index is 5.88. The third-order valence-electron chi connectivity index (χ3n) is 2.76. The first-order chi connectivity index (χ1) is 5.14. The smallest absolute Gasteiger partial charge is 0.109 e. The van der Waals surface area contributed by atoms with Gasteiger partial charge in [0.2, 0.25) is 0 Å². The summed E-state index contributed by atoms with van der Waals surface area (Å²) in [6.45, 7) is 4.34. The van der Waals surface area contributed by atoms with Crippen LogP contribution in [-0.4, -0.2) is 6.04 Å². The highest BCUT2D eigenvalue weighted by atomic mass is 16.3. The second-order valence-corrected chi connectivity index (χ2v) is 3.84. The molecule has 2 nitrogen and oxygen atoms in total. The lowest BCUT2D eigenvalue weighted by Crippen LogP contribution is -2.06. The molecule has 1 heterocycles. The molecule has 11 heavy (non-hydrogen) atoms. The van der Waals surface area contributed by atoms with E-state index >= 15 is 0 Å². The van der Waals surface area contributed by atoms with Crippen molar-refractivity contribution in [3.05, 3.63) is 24.2 Å². The lowest BCUT2D eigenvalue weighted by molar-refractivity contribution is 0.482. The molecular weight excluding hydrogens is 138 g/mol. The van der Waals surface area contributed by atoms with Gasteiger partial charge in [-0.25, -0.2) is 0 Å². The molecule has 0 bridgehead atoms. The van der Waals surface area contributed by atoms with Gasteiger partial charge in [0.25, 0.3) is 0 Å². The van der Waals surface area contributed by atoms with Gasteiger partial charge in [-0.15, -0.1) is 0 Å². The van der Waals surface area contributed by atoms with Gasteiger partial charge in [-0.3, -0.25) is 0 Å². The molecule has 0 unspecified atom stereocenters. The molecule has 1 aromatic heterocycles. The minimum absolute atomic E-state index is 0.234. The fraction of sp³-hybridized carbons (Fsp3) is 0.556. The molecule has 60 valence electrons. The standard InChI is InChI=1S/C9H13NO/c1-9(2)7(8(9)10)6-4-3-5-11-6/h3-5,7-8H,10H2,1-2H3/t7-,8-/m0/s1. The van der Waals surface area contributed by atoms with E-state index in [0.717, 1.165) is 5.76 Å². The quantitative estimate of drug-likeness (QED) is 0.663. The molecule has 0 radical (unpaired) electrons. The maximum absolute atomic E-state index is 5.88. The Labute approximate surface area is 66.4 Å².